The van der Waals surface area contributed by atoms with Crippen LogP contribution in [-0.2, 0) is 16.6 Å². The van der Waals surface area contributed by atoms with Crippen molar-refractivity contribution in [2.75, 3.05) is 4.72 Å². The normalized spacial score (nSPS) is 11.2. The average Bonchev–Trinajstić information content (AvgIpc) is 3.07. The Morgan fingerprint density at radius 1 is 1.11 bits per heavy atom. The van der Waals surface area contributed by atoms with Gasteiger partial charge in [0.05, 0.1) is 22.1 Å². The summed E-state index contributed by atoms with van der Waals surface area (Å²) in [6, 6.07) is 11.7. The topological polar surface area (TPSA) is 88.2 Å². The summed E-state index contributed by atoms with van der Waals surface area (Å²) in [5.41, 5.74) is 3.01. The number of hydrogen-bond acceptors (Lipinski definition) is 5. The van der Waals surface area contributed by atoms with Gasteiger partial charge in [-0.25, -0.2) is 13.4 Å². The molecule has 0 aliphatic carbocycles. The number of benzene rings is 2. The first kappa shape index (κ1) is 20.0. The molecule has 3 aromatic rings. The van der Waals surface area contributed by atoms with Crippen molar-refractivity contribution in [2.24, 2.45) is 0 Å². The largest absolute Gasteiger partial charge is 0.346 e. The van der Waals surface area contributed by atoms with Crippen LogP contribution in [0.5, 0.6) is 0 Å². The Balaban J connectivity index is 1.75. The zero-order valence-electron chi connectivity index (χ0n) is 15.8. The number of rotatable bonds is 6. The van der Waals surface area contributed by atoms with Crippen molar-refractivity contribution in [1.82, 2.24) is 10.3 Å². The van der Waals surface area contributed by atoms with Gasteiger partial charge in [0, 0.05) is 16.6 Å². The Morgan fingerprint density at radius 3 is 2.61 bits per heavy atom. The summed E-state index contributed by atoms with van der Waals surface area (Å²) < 4.78 is 28.1. The third-order valence-electron chi connectivity index (χ3n) is 4.11. The van der Waals surface area contributed by atoms with Crippen LogP contribution >= 0.6 is 11.3 Å². The van der Waals surface area contributed by atoms with Gasteiger partial charge in [-0.15, -0.1) is 11.3 Å². The highest BCUT2D eigenvalue weighted by Gasteiger charge is 2.18. The van der Waals surface area contributed by atoms with E-state index in [1.807, 2.05) is 25.3 Å². The molecule has 0 aliphatic heterocycles. The zero-order chi connectivity index (χ0) is 20.3. The third kappa shape index (κ3) is 4.76. The summed E-state index contributed by atoms with van der Waals surface area (Å²) in [6.07, 6.45) is 0. The van der Waals surface area contributed by atoms with Crippen LogP contribution in [0.15, 0.2) is 52.7 Å². The van der Waals surface area contributed by atoms with Gasteiger partial charge in [-0.05, 0) is 56.2 Å². The SMILES string of the molecule is Cc1ccc(C)c(S(=O)(=O)Nc2cccc(C(=O)NCc3csc(C)n3)c2)c1. The number of nitrogens with one attached hydrogen (secondary N) is 2. The van der Waals surface area contributed by atoms with Crippen LogP contribution in [0.2, 0.25) is 0 Å². The lowest BCUT2D eigenvalue weighted by Gasteiger charge is -2.12. The minimum atomic E-state index is -3.75. The molecular weight excluding hydrogens is 394 g/mol. The Morgan fingerprint density at radius 2 is 1.89 bits per heavy atom. The van der Waals surface area contributed by atoms with Crippen molar-refractivity contribution in [3.63, 3.8) is 0 Å². The molecule has 1 amide bonds. The first-order valence-electron chi connectivity index (χ1n) is 8.64. The number of nitrogens with zero attached hydrogens (tertiary/aromatic N) is 1. The number of sulfonamides is 1. The van der Waals surface area contributed by atoms with Crippen LogP contribution in [0, 0.1) is 20.8 Å². The van der Waals surface area contributed by atoms with Crippen LogP contribution in [-0.4, -0.2) is 19.3 Å². The molecule has 146 valence electrons. The number of hydrogen-bond donors (Lipinski definition) is 2. The van der Waals surface area contributed by atoms with Crippen LogP contribution in [0.4, 0.5) is 5.69 Å². The standard InChI is InChI=1S/C20H21N3O3S2/c1-13-7-8-14(2)19(9-13)28(25,26)23-17-6-4-5-16(10-17)20(24)21-11-18-12-27-15(3)22-18/h4-10,12,23H,11H2,1-3H3,(H,21,24). The fourth-order valence-electron chi connectivity index (χ4n) is 2.69. The van der Waals surface area contributed by atoms with E-state index in [0.29, 0.717) is 23.4 Å². The van der Waals surface area contributed by atoms with E-state index in [2.05, 4.69) is 15.0 Å². The van der Waals surface area contributed by atoms with Gasteiger partial charge in [0.2, 0.25) is 0 Å². The quantitative estimate of drug-likeness (QED) is 0.641. The van der Waals surface area contributed by atoms with Gasteiger partial charge >= 0.3 is 0 Å². The summed E-state index contributed by atoms with van der Waals surface area (Å²) in [5.74, 6) is -0.293. The Hall–Kier alpha value is -2.71. The van der Waals surface area contributed by atoms with Crippen molar-refractivity contribution < 1.29 is 13.2 Å². The second kappa shape index (κ2) is 8.12. The van der Waals surface area contributed by atoms with Crippen molar-refractivity contribution in [2.45, 2.75) is 32.2 Å². The fourth-order valence-corrected chi connectivity index (χ4v) is 4.69. The molecule has 0 spiro atoms. The number of thiazole rings is 1. The molecule has 3 rings (SSSR count). The molecule has 0 saturated heterocycles. The van der Waals surface area contributed by atoms with E-state index >= 15 is 0 Å². The summed E-state index contributed by atoms with van der Waals surface area (Å²) in [5, 5.41) is 5.63. The summed E-state index contributed by atoms with van der Waals surface area (Å²) in [6.45, 7) is 5.81. The lowest BCUT2D eigenvalue weighted by atomic mass is 10.2. The lowest BCUT2D eigenvalue weighted by Crippen LogP contribution is -2.23. The van der Waals surface area contributed by atoms with E-state index in [1.165, 1.54) is 17.4 Å². The first-order chi connectivity index (χ1) is 13.2. The van der Waals surface area contributed by atoms with Crippen molar-refractivity contribution in [3.8, 4) is 0 Å². The van der Waals surface area contributed by atoms with E-state index in [4.69, 9.17) is 0 Å². The van der Waals surface area contributed by atoms with Gasteiger partial charge in [0.25, 0.3) is 15.9 Å². The van der Waals surface area contributed by atoms with Gasteiger partial charge in [0.1, 0.15) is 0 Å². The highest BCUT2D eigenvalue weighted by Crippen LogP contribution is 2.21. The molecule has 0 bridgehead atoms. The van der Waals surface area contributed by atoms with E-state index in [1.54, 1.807) is 37.3 Å². The Kier molecular flexibility index (Phi) is 5.81. The molecule has 1 heterocycles. The molecule has 0 saturated carbocycles. The molecule has 0 aliphatic rings. The first-order valence-corrected chi connectivity index (χ1v) is 11.0. The van der Waals surface area contributed by atoms with Crippen molar-refractivity contribution in [3.05, 3.63) is 75.2 Å². The van der Waals surface area contributed by atoms with E-state index in [-0.39, 0.29) is 10.8 Å². The highest BCUT2D eigenvalue weighted by molar-refractivity contribution is 7.92. The summed E-state index contributed by atoms with van der Waals surface area (Å²) in [7, 11) is -3.75. The molecule has 1 aromatic heterocycles. The van der Waals surface area contributed by atoms with Crippen LogP contribution < -0.4 is 10.0 Å². The number of aromatic nitrogens is 1. The van der Waals surface area contributed by atoms with Crippen LogP contribution in [0.25, 0.3) is 0 Å². The van der Waals surface area contributed by atoms with Gasteiger partial charge in [-0.2, -0.15) is 0 Å². The number of amides is 1. The number of carbonyl (C=O) groups excluding carboxylic acids is 1. The lowest BCUT2D eigenvalue weighted by molar-refractivity contribution is 0.0950. The average molecular weight is 416 g/mol. The van der Waals surface area contributed by atoms with Crippen LogP contribution in [0.1, 0.15) is 32.2 Å². The van der Waals surface area contributed by atoms with Crippen molar-refractivity contribution in [1.29, 1.82) is 0 Å². The van der Waals surface area contributed by atoms with Crippen LogP contribution in [0.3, 0.4) is 0 Å². The maximum atomic E-state index is 12.8. The summed E-state index contributed by atoms with van der Waals surface area (Å²) in [4.78, 5) is 16.9. The second-order valence-corrected chi connectivity index (χ2v) is 9.21. The fraction of sp³-hybridized carbons (Fsp3) is 0.200. The molecule has 0 unspecified atom stereocenters. The maximum Gasteiger partial charge on any atom is 0.262 e. The van der Waals surface area contributed by atoms with Gasteiger partial charge in [-0.1, -0.05) is 18.2 Å². The van der Waals surface area contributed by atoms with E-state index < -0.39 is 10.0 Å². The zero-order valence-corrected chi connectivity index (χ0v) is 17.4. The number of carbonyl (C=O) groups is 1. The van der Waals surface area contributed by atoms with E-state index in [9.17, 15) is 13.2 Å². The summed E-state index contributed by atoms with van der Waals surface area (Å²) >= 11 is 1.52. The number of anilines is 1. The van der Waals surface area contributed by atoms with Crippen molar-refractivity contribution >= 4 is 33.0 Å². The minimum Gasteiger partial charge on any atom is -0.346 e. The molecule has 8 heteroatoms. The molecule has 2 N–H and O–H groups in total. The Labute approximate surface area is 168 Å². The second-order valence-electron chi connectivity index (χ2n) is 6.50. The molecule has 2 aromatic carbocycles. The monoisotopic (exact) mass is 415 g/mol. The molecule has 0 fully saturated rings. The molecule has 0 radical (unpaired) electrons. The highest BCUT2D eigenvalue weighted by atomic mass is 32.2. The molecule has 0 atom stereocenters. The smallest absolute Gasteiger partial charge is 0.262 e. The van der Waals surface area contributed by atoms with Gasteiger partial charge in [0.15, 0.2) is 0 Å². The number of aryl methyl sites for hydroxylation is 3. The molecular formula is C20H21N3O3S2. The Bertz CT molecular complexity index is 1120. The maximum absolute atomic E-state index is 12.8. The molecule has 28 heavy (non-hydrogen) atoms. The van der Waals surface area contributed by atoms with E-state index in [0.717, 1.165) is 16.3 Å². The molecule has 6 nitrogen and oxygen atoms in total. The van der Waals surface area contributed by atoms with Gasteiger partial charge in [-0.3, -0.25) is 9.52 Å². The predicted octanol–water partition coefficient (Wildman–Crippen LogP) is 3.80. The van der Waals surface area contributed by atoms with Gasteiger partial charge < -0.3 is 5.32 Å². The third-order valence-corrected chi connectivity index (χ3v) is 6.45. The minimum absolute atomic E-state index is 0.223. The predicted molar refractivity (Wildman–Crippen MR) is 111 cm³/mol.